The third-order valence-electron chi connectivity index (χ3n) is 4.13. The number of amides is 1. The van der Waals surface area contributed by atoms with Crippen molar-refractivity contribution >= 4 is 27.5 Å². The largest absolute Gasteiger partial charge is 0.493 e. The Morgan fingerprint density at radius 2 is 1.83 bits per heavy atom. The zero-order valence-corrected chi connectivity index (χ0v) is 14.9. The Morgan fingerprint density at radius 1 is 1.13 bits per heavy atom. The Labute approximate surface area is 143 Å². The Kier molecular flexibility index (Phi) is 4.31. The van der Waals surface area contributed by atoms with Gasteiger partial charge in [-0.3, -0.25) is 4.79 Å². The number of rotatable bonds is 4. The van der Waals surface area contributed by atoms with Crippen LogP contribution in [0.1, 0.15) is 22.6 Å². The molecule has 1 heterocycles. The average Bonchev–Trinajstić information content (AvgIpc) is 2.84. The van der Waals surface area contributed by atoms with Gasteiger partial charge in [-0.1, -0.05) is 33.6 Å². The molecule has 1 N–H and O–H groups in total. The third kappa shape index (κ3) is 2.93. The van der Waals surface area contributed by atoms with Gasteiger partial charge >= 0.3 is 0 Å². The lowest BCUT2D eigenvalue weighted by atomic mass is 9.92. The van der Waals surface area contributed by atoms with Gasteiger partial charge in [-0.2, -0.15) is 0 Å². The Bertz CT molecular complexity index is 773. The number of hydrogen-bond donors (Lipinski definition) is 1. The number of anilines is 1. The Hall–Kier alpha value is -2.01. The van der Waals surface area contributed by atoms with E-state index in [4.69, 9.17) is 9.47 Å². The summed E-state index contributed by atoms with van der Waals surface area (Å²) in [5.41, 5.74) is 4.12. The minimum absolute atomic E-state index is 0.0345. The highest BCUT2D eigenvalue weighted by molar-refractivity contribution is 9.10. The second-order valence-corrected chi connectivity index (χ2v) is 6.49. The summed E-state index contributed by atoms with van der Waals surface area (Å²) in [5, 5.41) is 2.96. The van der Waals surface area contributed by atoms with Gasteiger partial charge in [0.15, 0.2) is 11.5 Å². The molecule has 1 aliphatic heterocycles. The van der Waals surface area contributed by atoms with Crippen molar-refractivity contribution in [3.8, 4) is 11.5 Å². The molecule has 1 aliphatic rings. The van der Waals surface area contributed by atoms with Crippen LogP contribution in [0.15, 0.2) is 34.8 Å². The van der Waals surface area contributed by atoms with Crippen molar-refractivity contribution in [3.63, 3.8) is 0 Å². The molecule has 0 spiro atoms. The first-order valence-corrected chi connectivity index (χ1v) is 8.14. The maximum Gasteiger partial charge on any atom is 0.232 e. The molecule has 120 valence electrons. The lowest BCUT2D eigenvalue weighted by Crippen LogP contribution is -2.14. The number of fused-ring (bicyclic) bond motifs is 1. The molecule has 1 atom stereocenters. The Balaban J connectivity index is 1.97. The minimum Gasteiger partial charge on any atom is -0.493 e. The molecule has 23 heavy (non-hydrogen) atoms. The van der Waals surface area contributed by atoms with Crippen LogP contribution in [-0.4, -0.2) is 20.1 Å². The molecular formula is C18H18BrNO3. The van der Waals surface area contributed by atoms with E-state index < -0.39 is 0 Å². The number of hydrogen-bond acceptors (Lipinski definition) is 3. The monoisotopic (exact) mass is 375 g/mol. The van der Waals surface area contributed by atoms with E-state index in [2.05, 4.69) is 27.3 Å². The first kappa shape index (κ1) is 15.9. The molecule has 2 aromatic rings. The van der Waals surface area contributed by atoms with Crippen molar-refractivity contribution < 1.29 is 14.3 Å². The molecule has 3 rings (SSSR count). The molecule has 0 saturated heterocycles. The maximum atomic E-state index is 12.4. The van der Waals surface area contributed by atoms with Crippen LogP contribution in [0.2, 0.25) is 0 Å². The van der Waals surface area contributed by atoms with Crippen molar-refractivity contribution in [1.29, 1.82) is 0 Å². The van der Waals surface area contributed by atoms with Crippen LogP contribution in [0.3, 0.4) is 0 Å². The van der Waals surface area contributed by atoms with E-state index in [1.165, 1.54) is 0 Å². The quantitative estimate of drug-likeness (QED) is 0.876. The highest BCUT2D eigenvalue weighted by Crippen LogP contribution is 2.39. The number of aryl methyl sites for hydroxylation is 1. The zero-order chi connectivity index (χ0) is 16.6. The fourth-order valence-corrected chi connectivity index (χ4v) is 3.40. The number of methoxy groups -OCH3 is 2. The molecule has 0 saturated carbocycles. The molecule has 0 bridgehead atoms. The predicted molar refractivity (Wildman–Crippen MR) is 93.5 cm³/mol. The van der Waals surface area contributed by atoms with Crippen molar-refractivity contribution in [1.82, 2.24) is 0 Å². The van der Waals surface area contributed by atoms with Crippen LogP contribution < -0.4 is 14.8 Å². The van der Waals surface area contributed by atoms with Gasteiger partial charge in [0.05, 0.1) is 20.1 Å². The predicted octanol–water partition coefficient (Wildman–Crippen LogP) is 4.05. The number of nitrogens with one attached hydrogen (secondary N) is 1. The topological polar surface area (TPSA) is 47.6 Å². The van der Waals surface area contributed by atoms with Gasteiger partial charge < -0.3 is 14.8 Å². The standard InChI is InChI=1S/C18H18BrNO3/c1-10-4-5-15-12(6-10)13(18(21)20-15)7-11-8-16(22-2)17(23-3)9-14(11)19/h4-6,8-9,13H,7H2,1-3H3,(H,20,21)/t13-/m0/s1. The van der Waals surface area contributed by atoms with Crippen LogP contribution in [-0.2, 0) is 11.2 Å². The molecule has 5 heteroatoms. The van der Waals surface area contributed by atoms with Crippen molar-refractivity contribution in [2.24, 2.45) is 0 Å². The zero-order valence-electron chi connectivity index (χ0n) is 13.3. The molecule has 0 unspecified atom stereocenters. The van der Waals surface area contributed by atoms with E-state index in [-0.39, 0.29) is 11.8 Å². The number of ether oxygens (including phenoxy) is 2. The van der Waals surface area contributed by atoms with E-state index in [9.17, 15) is 4.79 Å². The SMILES string of the molecule is COc1cc(Br)c(C[C@@H]2C(=O)Nc3ccc(C)cc32)cc1OC. The van der Waals surface area contributed by atoms with Crippen molar-refractivity contribution in [3.05, 3.63) is 51.5 Å². The molecular weight excluding hydrogens is 358 g/mol. The summed E-state index contributed by atoms with van der Waals surface area (Å²) in [7, 11) is 3.21. The van der Waals surface area contributed by atoms with E-state index in [1.807, 2.05) is 31.2 Å². The molecule has 0 radical (unpaired) electrons. The van der Waals surface area contributed by atoms with Gasteiger partial charge in [-0.25, -0.2) is 0 Å². The minimum atomic E-state index is -0.195. The van der Waals surface area contributed by atoms with Crippen LogP contribution >= 0.6 is 15.9 Å². The third-order valence-corrected chi connectivity index (χ3v) is 4.87. The molecule has 0 aromatic heterocycles. The fraction of sp³-hybridized carbons (Fsp3) is 0.278. The van der Waals surface area contributed by atoms with Crippen molar-refractivity contribution in [2.75, 3.05) is 19.5 Å². The van der Waals surface area contributed by atoms with E-state index >= 15 is 0 Å². The summed E-state index contributed by atoms with van der Waals surface area (Å²) in [6, 6.07) is 9.84. The number of carbonyl (C=O) groups is 1. The highest BCUT2D eigenvalue weighted by atomic mass is 79.9. The number of carbonyl (C=O) groups excluding carboxylic acids is 1. The second kappa shape index (κ2) is 6.24. The van der Waals surface area contributed by atoms with Gasteiger partial charge in [0.1, 0.15) is 0 Å². The first-order chi connectivity index (χ1) is 11.0. The fourth-order valence-electron chi connectivity index (χ4n) is 2.92. The van der Waals surface area contributed by atoms with Crippen LogP contribution in [0.5, 0.6) is 11.5 Å². The number of halogens is 1. The molecule has 4 nitrogen and oxygen atoms in total. The van der Waals surface area contributed by atoms with Crippen LogP contribution in [0.25, 0.3) is 0 Å². The maximum absolute atomic E-state index is 12.4. The van der Waals surface area contributed by atoms with Gasteiger partial charge in [0.2, 0.25) is 5.91 Å². The lowest BCUT2D eigenvalue weighted by Gasteiger charge is -2.14. The second-order valence-electron chi connectivity index (χ2n) is 5.64. The van der Waals surface area contributed by atoms with Crippen molar-refractivity contribution in [2.45, 2.75) is 19.3 Å². The summed E-state index contributed by atoms with van der Waals surface area (Å²) in [6.45, 7) is 2.03. The van der Waals surface area contributed by atoms with Crippen LogP contribution in [0, 0.1) is 6.92 Å². The van der Waals surface area contributed by atoms with Gasteiger partial charge in [-0.15, -0.1) is 0 Å². The summed E-state index contributed by atoms with van der Waals surface area (Å²) in [6.07, 6.45) is 0.600. The summed E-state index contributed by atoms with van der Waals surface area (Å²) in [4.78, 5) is 12.4. The van der Waals surface area contributed by atoms with Gasteiger partial charge in [-0.05, 0) is 42.7 Å². The average molecular weight is 376 g/mol. The molecule has 0 aliphatic carbocycles. The molecule has 2 aromatic carbocycles. The normalized spacial score (nSPS) is 16.0. The van der Waals surface area contributed by atoms with E-state index in [0.29, 0.717) is 17.9 Å². The lowest BCUT2D eigenvalue weighted by molar-refractivity contribution is -0.117. The summed E-state index contributed by atoms with van der Waals surface area (Å²) >= 11 is 3.57. The highest BCUT2D eigenvalue weighted by Gasteiger charge is 2.31. The summed E-state index contributed by atoms with van der Waals surface area (Å²) < 4.78 is 11.6. The molecule has 1 amide bonds. The Morgan fingerprint density at radius 3 is 2.52 bits per heavy atom. The van der Waals surface area contributed by atoms with Crippen LogP contribution in [0.4, 0.5) is 5.69 Å². The molecule has 0 fully saturated rings. The smallest absolute Gasteiger partial charge is 0.232 e. The van der Waals surface area contributed by atoms with Gasteiger partial charge in [0.25, 0.3) is 0 Å². The van der Waals surface area contributed by atoms with E-state index in [0.717, 1.165) is 26.9 Å². The first-order valence-electron chi connectivity index (χ1n) is 7.35. The van der Waals surface area contributed by atoms with E-state index in [1.54, 1.807) is 14.2 Å². The number of benzene rings is 2. The van der Waals surface area contributed by atoms with Gasteiger partial charge in [0, 0.05) is 10.2 Å². The summed E-state index contributed by atoms with van der Waals surface area (Å²) in [5.74, 6) is 1.16.